The molecule has 1 aliphatic carbocycles. The average molecular weight is 264 g/mol. The zero-order valence-corrected chi connectivity index (χ0v) is 11.0. The van der Waals surface area contributed by atoms with Crippen LogP contribution in [0.4, 0.5) is 0 Å². The average Bonchev–Trinajstić information content (AvgIpc) is 2.86. The highest BCUT2D eigenvalue weighted by Gasteiger charge is 2.32. The molecule has 5 nitrogen and oxygen atoms in total. The zero-order valence-electron chi connectivity index (χ0n) is 10.2. The van der Waals surface area contributed by atoms with Crippen LogP contribution in [0.2, 0.25) is 0 Å². The van der Waals surface area contributed by atoms with E-state index in [4.69, 9.17) is 0 Å². The van der Waals surface area contributed by atoms with Crippen molar-refractivity contribution in [2.75, 3.05) is 0 Å². The van der Waals surface area contributed by atoms with Crippen LogP contribution in [0.15, 0.2) is 6.20 Å². The normalized spacial score (nSPS) is 19.3. The van der Waals surface area contributed by atoms with Gasteiger partial charge < -0.3 is 5.32 Å². The lowest BCUT2D eigenvalue weighted by Crippen LogP contribution is -2.47. The zero-order chi connectivity index (χ0) is 12.8. The molecule has 1 aliphatic rings. The van der Waals surface area contributed by atoms with Crippen LogP contribution in [-0.2, 0) is 0 Å². The van der Waals surface area contributed by atoms with Gasteiger partial charge in [0.2, 0.25) is 0 Å². The van der Waals surface area contributed by atoms with E-state index >= 15 is 0 Å². The van der Waals surface area contributed by atoms with Crippen molar-refractivity contribution >= 4 is 17.4 Å². The van der Waals surface area contributed by atoms with Crippen molar-refractivity contribution in [2.24, 2.45) is 0 Å². The summed E-state index contributed by atoms with van der Waals surface area (Å²) in [6, 6.07) is 2.31. The molecule has 18 heavy (non-hydrogen) atoms. The third-order valence-corrected chi connectivity index (χ3v) is 4.02. The number of nitrogens with zero attached hydrogens (tertiary/aromatic N) is 3. The first-order chi connectivity index (χ1) is 8.76. The van der Waals surface area contributed by atoms with E-state index in [9.17, 15) is 10.1 Å². The van der Waals surface area contributed by atoms with Gasteiger partial charge in [0.15, 0.2) is 0 Å². The van der Waals surface area contributed by atoms with Crippen LogP contribution >= 0.6 is 11.5 Å². The largest absolute Gasteiger partial charge is 0.333 e. The molecule has 0 aromatic carbocycles. The summed E-state index contributed by atoms with van der Waals surface area (Å²) in [5, 5.41) is 15.9. The Morgan fingerprint density at radius 3 is 2.56 bits per heavy atom. The van der Waals surface area contributed by atoms with E-state index in [0.717, 1.165) is 50.1 Å². The molecule has 0 aliphatic heterocycles. The van der Waals surface area contributed by atoms with E-state index in [1.54, 1.807) is 0 Å². The lowest BCUT2D eigenvalue weighted by Gasteiger charge is -2.29. The molecule has 0 atom stereocenters. The van der Waals surface area contributed by atoms with Crippen molar-refractivity contribution in [3.8, 4) is 6.07 Å². The van der Waals surface area contributed by atoms with Gasteiger partial charge in [0.1, 0.15) is 10.4 Å². The summed E-state index contributed by atoms with van der Waals surface area (Å²) in [5.74, 6) is -0.230. The fraction of sp³-hybridized carbons (Fsp3) is 0.667. The van der Waals surface area contributed by atoms with E-state index in [1.807, 2.05) is 0 Å². The summed E-state index contributed by atoms with van der Waals surface area (Å²) < 4.78 is 3.67. The second-order valence-electron chi connectivity index (χ2n) is 4.70. The topological polar surface area (TPSA) is 78.7 Å². The minimum atomic E-state index is -0.707. The molecule has 1 saturated carbocycles. The number of hydrogen-bond acceptors (Lipinski definition) is 5. The SMILES string of the molecule is N#CC1(NC(=O)c2cnns2)CCCCCCC1. The fourth-order valence-electron chi connectivity index (χ4n) is 2.32. The first-order valence-corrected chi connectivity index (χ1v) is 7.04. The van der Waals surface area contributed by atoms with Crippen LogP contribution in [0, 0.1) is 11.3 Å². The Morgan fingerprint density at radius 2 is 2.00 bits per heavy atom. The molecule has 0 radical (unpaired) electrons. The Kier molecular flexibility index (Phi) is 4.26. The molecule has 1 fully saturated rings. The number of nitrogens with one attached hydrogen (secondary N) is 1. The van der Waals surface area contributed by atoms with E-state index in [1.165, 1.54) is 12.6 Å². The molecule has 1 heterocycles. The fourth-order valence-corrected chi connectivity index (χ4v) is 2.73. The molecule has 1 aromatic heterocycles. The molecular weight excluding hydrogens is 248 g/mol. The van der Waals surface area contributed by atoms with Crippen molar-refractivity contribution in [2.45, 2.75) is 50.5 Å². The van der Waals surface area contributed by atoms with Gasteiger partial charge in [-0.1, -0.05) is 36.6 Å². The van der Waals surface area contributed by atoms with Crippen molar-refractivity contribution in [1.29, 1.82) is 5.26 Å². The van der Waals surface area contributed by atoms with Crippen molar-refractivity contribution < 1.29 is 4.79 Å². The first-order valence-electron chi connectivity index (χ1n) is 6.27. The Bertz CT molecular complexity index is 429. The lowest BCUT2D eigenvalue weighted by molar-refractivity contribution is 0.0911. The van der Waals surface area contributed by atoms with Crippen molar-refractivity contribution in [3.05, 3.63) is 11.1 Å². The molecule has 1 amide bonds. The first kappa shape index (κ1) is 13.0. The molecule has 0 saturated heterocycles. The maximum atomic E-state index is 12.0. The second-order valence-corrected chi connectivity index (χ2v) is 5.48. The molecule has 96 valence electrons. The minimum Gasteiger partial charge on any atom is -0.333 e. The maximum absolute atomic E-state index is 12.0. The molecule has 1 aromatic rings. The second kappa shape index (κ2) is 5.91. The van der Waals surface area contributed by atoms with Gasteiger partial charge in [0.25, 0.3) is 5.91 Å². The Hall–Kier alpha value is -1.48. The molecular formula is C12H16N4OS. The highest BCUT2D eigenvalue weighted by molar-refractivity contribution is 7.07. The molecule has 6 heteroatoms. The number of rotatable bonds is 2. The van der Waals surface area contributed by atoms with E-state index in [2.05, 4.69) is 21.0 Å². The van der Waals surface area contributed by atoms with Crippen LogP contribution < -0.4 is 5.32 Å². The highest BCUT2D eigenvalue weighted by Crippen LogP contribution is 2.26. The minimum absolute atomic E-state index is 0.230. The predicted molar refractivity (Wildman–Crippen MR) is 68.0 cm³/mol. The highest BCUT2D eigenvalue weighted by atomic mass is 32.1. The van der Waals surface area contributed by atoms with Gasteiger partial charge >= 0.3 is 0 Å². The molecule has 0 spiro atoms. The number of carbonyl (C=O) groups is 1. The molecule has 2 rings (SSSR count). The third kappa shape index (κ3) is 3.05. The number of amides is 1. The van der Waals surface area contributed by atoms with Crippen LogP contribution in [0.25, 0.3) is 0 Å². The van der Waals surface area contributed by atoms with Gasteiger partial charge in [-0.05, 0) is 24.4 Å². The van der Waals surface area contributed by atoms with Gasteiger partial charge in [-0.2, -0.15) is 5.26 Å². The predicted octanol–water partition coefficient (Wildman–Crippen LogP) is 2.27. The quantitative estimate of drug-likeness (QED) is 0.888. The van der Waals surface area contributed by atoms with Crippen LogP contribution in [0.5, 0.6) is 0 Å². The van der Waals surface area contributed by atoms with Crippen LogP contribution in [-0.4, -0.2) is 21.0 Å². The summed E-state index contributed by atoms with van der Waals surface area (Å²) in [4.78, 5) is 12.5. The number of hydrogen-bond donors (Lipinski definition) is 1. The summed E-state index contributed by atoms with van der Waals surface area (Å²) in [6.45, 7) is 0. The Morgan fingerprint density at radius 1 is 1.33 bits per heavy atom. The van der Waals surface area contributed by atoms with Crippen LogP contribution in [0.3, 0.4) is 0 Å². The molecule has 1 N–H and O–H groups in total. The molecule has 0 unspecified atom stereocenters. The maximum Gasteiger partial charge on any atom is 0.265 e. The van der Waals surface area contributed by atoms with Gasteiger partial charge in [-0.3, -0.25) is 4.79 Å². The molecule has 0 bridgehead atoms. The number of carbonyl (C=O) groups excluding carboxylic acids is 1. The number of aromatic nitrogens is 2. The van der Waals surface area contributed by atoms with Gasteiger partial charge in [0, 0.05) is 0 Å². The Labute approximate surface area is 110 Å². The summed E-state index contributed by atoms with van der Waals surface area (Å²) >= 11 is 1.06. The number of nitriles is 1. The van der Waals surface area contributed by atoms with E-state index in [0.29, 0.717) is 4.88 Å². The summed E-state index contributed by atoms with van der Waals surface area (Å²) in [7, 11) is 0. The summed E-state index contributed by atoms with van der Waals surface area (Å²) in [5.41, 5.74) is -0.707. The van der Waals surface area contributed by atoms with Gasteiger partial charge in [-0.15, -0.1) is 5.10 Å². The van der Waals surface area contributed by atoms with Gasteiger partial charge in [0.05, 0.1) is 12.3 Å². The van der Waals surface area contributed by atoms with E-state index < -0.39 is 5.54 Å². The van der Waals surface area contributed by atoms with E-state index in [-0.39, 0.29) is 5.91 Å². The third-order valence-electron chi connectivity index (χ3n) is 3.36. The Balaban J connectivity index is 2.07. The van der Waals surface area contributed by atoms with Gasteiger partial charge in [-0.25, -0.2) is 0 Å². The lowest BCUT2D eigenvalue weighted by atomic mass is 9.85. The van der Waals surface area contributed by atoms with Crippen molar-refractivity contribution in [1.82, 2.24) is 14.9 Å². The monoisotopic (exact) mass is 264 g/mol. The van der Waals surface area contributed by atoms with Crippen LogP contribution in [0.1, 0.15) is 54.6 Å². The smallest absolute Gasteiger partial charge is 0.265 e. The standard InChI is InChI=1S/C12H16N4OS/c13-9-12(6-4-2-1-3-5-7-12)15-11(17)10-8-14-16-18-10/h8H,1-7H2,(H,15,17). The van der Waals surface area contributed by atoms with Crippen molar-refractivity contribution in [3.63, 3.8) is 0 Å². The summed E-state index contributed by atoms with van der Waals surface area (Å²) in [6.07, 6.45) is 8.41.